The molecule has 0 saturated carbocycles. The van der Waals surface area contributed by atoms with Crippen molar-refractivity contribution in [2.75, 3.05) is 20.2 Å². The van der Waals surface area contributed by atoms with Crippen molar-refractivity contribution in [2.45, 2.75) is 19.1 Å². The minimum Gasteiger partial charge on any atom is -0.465 e. The molecule has 1 saturated heterocycles. The van der Waals surface area contributed by atoms with Gasteiger partial charge in [-0.05, 0) is 12.3 Å². The van der Waals surface area contributed by atoms with E-state index in [-0.39, 0.29) is 5.92 Å². The summed E-state index contributed by atoms with van der Waals surface area (Å²) < 4.78 is 4.70. The Morgan fingerprint density at radius 1 is 1.77 bits per heavy atom. The van der Waals surface area contributed by atoms with Gasteiger partial charge < -0.3 is 19.8 Å². The molecule has 2 N–H and O–H groups in total. The average molecular weight is 189 g/mol. The third-order valence-electron chi connectivity index (χ3n) is 2.36. The summed E-state index contributed by atoms with van der Waals surface area (Å²) in [7, 11) is 1.44. The molecule has 1 amide bonds. The number of rotatable bonds is 3. The Labute approximate surface area is 76.9 Å². The van der Waals surface area contributed by atoms with Gasteiger partial charge in [0.15, 0.2) is 6.29 Å². The van der Waals surface area contributed by atoms with Crippen LogP contribution in [0.4, 0.5) is 4.79 Å². The predicted octanol–water partition coefficient (Wildman–Crippen LogP) is 0.341. The predicted molar refractivity (Wildman–Crippen MR) is 45.3 cm³/mol. The standard InChI is InChI=1S/C8H15NO4/c1-13-7(10)4-6-2-3-9(5-6)8(11)12/h6-7,10H,2-5H2,1H3,(H,11,12)/t6-,7?/m1/s1. The van der Waals surface area contributed by atoms with Crippen LogP contribution in [0, 0.1) is 5.92 Å². The van der Waals surface area contributed by atoms with Crippen LogP contribution in [0.2, 0.25) is 0 Å². The molecule has 0 aromatic carbocycles. The molecule has 1 aliphatic rings. The van der Waals surface area contributed by atoms with E-state index < -0.39 is 12.4 Å². The zero-order chi connectivity index (χ0) is 9.84. The Balaban J connectivity index is 2.29. The van der Waals surface area contributed by atoms with Crippen molar-refractivity contribution in [3.63, 3.8) is 0 Å². The van der Waals surface area contributed by atoms with Gasteiger partial charge in [0, 0.05) is 26.6 Å². The second-order valence-electron chi connectivity index (χ2n) is 3.31. The summed E-state index contributed by atoms with van der Waals surface area (Å²) in [6.07, 6.45) is -0.319. The summed E-state index contributed by atoms with van der Waals surface area (Å²) >= 11 is 0. The van der Waals surface area contributed by atoms with Gasteiger partial charge in [-0.1, -0.05) is 0 Å². The smallest absolute Gasteiger partial charge is 0.407 e. The first kappa shape index (κ1) is 10.3. The molecular weight excluding hydrogens is 174 g/mol. The first-order chi connectivity index (χ1) is 6.13. The normalized spacial score (nSPS) is 24.8. The summed E-state index contributed by atoms with van der Waals surface area (Å²) in [6, 6.07) is 0. The Morgan fingerprint density at radius 3 is 2.92 bits per heavy atom. The molecule has 5 heteroatoms. The van der Waals surface area contributed by atoms with E-state index in [0.717, 1.165) is 6.42 Å². The van der Waals surface area contributed by atoms with Gasteiger partial charge >= 0.3 is 6.09 Å². The number of methoxy groups -OCH3 is 1. The number of carboxylic acid groups (broad SMARTS) is 1. The lowest BCUT2D eigenvalue weighted by atomic mass is 10.1. The highest BCUT2D eigenvalue weighted by Crippen LogP contribution is 2.20. The summed E-state index contributed by atoms with van der Waals surface area (Å²) in [5.74, 6) is 0.228. The lowest BCUT2D eigenvalue weighted by molar-refractivity contribution is -0.0863. The Kier molecular flexibility index (Phi) is 3.50. The number of amides is 1. The minimum absolute atomic E-state index is 0.228. The van der Waals surface area contributed by atoms with Gasteiger partial charge in [-0.15, -0.1) is 0 Å². The fourth-order valence-electron chi connectivity index (χ4n) is 1.58. The molecule has 1 fully saturated rings. The fraction of sp³-hybridized carbons (Fsp3) is 0.875. The molecule has 0 aromatic heterocycles. The summed E-state index contributed by atoms with van der Waals surface area (Å²) in [6.45, 7) is 1.08. The molecule has 0 aromatic rings. The maximum absolute atomic E-state index is 10.5. The fourth-order valence-corrected chi connectivity index (χ4v) is 1.58. The molecule has 1 unspecified atom stereocenters. The number of hydrogen-bond acceptors (Lipinski definition) is 3. The van der Waals surface area contributed by atoms with Crippen LogP contribution >= 0.6 is 0 Å². The molecule has 1 rings (SSSR count). The highest BCUT2D eigenvalue weighted by molar-refractivity contribution is 5.65. The molecule has 0 spiro atoms. The van der Waals surface area contributed by atoms with Crippen molar-refractivity contribution in [3.05, 3.63) is 0 Å². The molecule has 0 aliphatic carbocycles. The van der Waals surface area contributed by atoms with Crippen molar-refractivity contribution in [2.24, 2.45) is 5.92 Å². The molecule has 76 valence electrons. The van der Waals surface area contributed by atoms with E-state index in [1.807, 2.05) is 0 Å². The number of hydrogen-bond donors (Lipinski definition) is 2. The van der Waals surface area contributed by atoms with Crippen molar-refractivity contribution in [3.8, 4) is 0 Å². The van der Waals surface area contributed by atoms with Crippen LogP contribution in [0.3, 0.4) is 0 Å². The summed E-state index contributed by atoms with van der Waals surface area (Å²) in [5.41, 5.74) is 0. The number of carbonyl (C=O) groups is 1. The monoisotopic (exact) mass is 189 g/mol. The van der Waals surface area contributed by atoms with Gasteiger partial charge in [-0.3, -0.25) is 0 Å². The number of aliphatic hydroxyl groups excluding tert-OH is 1. The van der Waals surface area contributed by atoms with E-state index >= 15 is 0 Å². The van der Waals surface area contributed by atoms with E-state index in [4.69, 9.17) is 14.9 Å². The van der Waals surface area contributed by atoms with Crippen molar-refractivity contribution >= 4 is 6.09 Å². The van der Waals surface area contributed by atoms with E-state index in [0.29, 0.717) is 19.5 Å². The number of aliphatic hydroxyl groups is 1. The average Bonchev–Trinajstić information content (AvgIpc) is 2.52. The van der Waals surface area contributed by atoms with E-state index in [9.17, 15) is 4.79 Å². The van der Waals surface area contributed by atoms with Gasteiger partial charge in [-0.25, -0.2) is 4.79 Å². The number of ether oxygens (including phenoxy) is 1. The quantitative estimate of drug-likeness (QED) is 0.628. The Morgan fingerprint density at radius 2 is 2.46 bits per heavy atom. The van der Waals surface area contributed by atoms with Crippen molar-refractivity contribution in [1.29, 1.82) is 0 Å². The maximum atomic E-state index is 10.5. The molecular formula is C8H15NO4. The van der Waals surface area contributed by atoms with E-state index in [1.165, 1.54) is 12.0 Å². The SMILES string of the molecule is COC(O)C[C@H]1CCN(C(=O)O)C1. The second-order valence-corrected chi connectivity index (χ2v) is 3.31. The van der Waals surface area contributed by atoms with Crippen LogP contribution in [0.15, 0.2) is 0 Å². The Bertz CT molecular complexity index is 185. The number of nitrogens with zero attached hydrogens (tertiary/aromatic N) is 1. The molecule has 0 bridgehead atoms. The second kappa shape index (κ2) is 4.43. The van der Waals surface area contributed by atoms with Crippen molar-refractivity contribution < 1.29 is 19.7 Å². The lowest BCUT2D eigenvalue weighted by Gasteiger charge is -2.14. The third-order valence-corrected chi connectivity index (χ3v) is 2.36. The molecule has 2 atom stereocenters. The number of likely N-dealkylation sites (tertiary alicyclic amines) is 1. The lowest BCUT2D eigenvalue weighted by Crippen LogP contribution is -2.27. The first-order valence-corrected chi connectivity index (χ1v) is 4.32. The first-order valence-electron chi connectivity index (χ1n) is 4.32. The van der Waals surface area contributed by atoms with Crippen LogP contribution in [0.1, 0.15) is 12.8 Å². The van der Waals surface area contributed by atoms with Crippen LogP contribution in [0.25, 0.3) is 0 Å². The van der Waals surface area contributed by atoms with Gasteiger partial charge in [0.2, 0.25) is 0 Å². The Hall–Kier alpha value is -0.810. The third kappa shape index (κ3) is 2.86. The highest BCUT2D eigenvalue weighted by Gasteiger charge is 2.27. The zero-order valence-corrected chi connectivity index (χ0v) is 7.64. The summed E-state index contributed by atoms with van der Waals surface area (Å²) in [4.78, 5) is 11.9. The minimum atomic E-state index is -0.880. The van der Waals surface area contributed by atoms with Crippen LogP contribution in [-0.2, 0) is 4.74 Å². The largest absolute Gasteiger partial charge is 0.465 e. The van der Waals surface area contributed by atoms with Crippen molar-refractivity contribution in [1.82, 2.24) is 4.90 Å². The molecule has 0 radical (unpaired) electrons. The molecule has 1 heterocycles. The summed E-state index contributed by atoms with van der Waals surface area (Å²) in [5, 5.41) is 17.8. The topological polar surface area (TPSA) is 70.0 Å². The van der Waals surface area contributed by atoms with Crippen LogP contribution in [0.5, 0.6) is 0 Å². The van der Waals surface area contributed by atoms with Crippen LogP contribution < -0.4 is 0 Å². The van der Waals surface area contributed by atoms with Gasteiger partial charge in [0.1, 0.15) is 0 Å². The van der Waals surface area contributed by atoms with Gasteiger partial charge in [0.25, 0.3) is 0 Å². The molecule has 5 nitrogen and oxygen atoms in total. The zero-order valence-electron chi connectivity index (χ0n) is 7.64. The highest BCUT2D eigenvalue weighted by atomic mass is 16.6. The van der Waals surface area contributed by atoms with Crippen LogP contribution in [-0.4, -0.2) is 47.7 Å². The molecule has 1 aliphatic heterocycles. The molecule has 13 heavy (non-hydrogen) atoms. The van der Waals surface area contributed by atoms with Gasteiger partial charge in [-0.2, -0.15) is 0 Å². The van der Waals surface area contributed by atoms with E-state index in [2.05, 4.69) is 0 Å². The van der Waals surface area contributed by atoms with E-state index in [1.54, 1.807) is 0 Å². The maximum Gasteiger partial charge on any atom is 0.407 e. The van der Waals surface area contributed by atoms with Gasteiger partial charge in [0.05, 0.1) is 0 Å².